The van der Waals surface area contributed by atoms with Crippen LogP contribution in [-0.2, 0) is 16.4 Å². The van der Waals surface area contributed by atoms with Gasteiger partial charge >= 0.3 is 0 Å². The van der Waals surface area contributed by atoms with Gasteiger partial charge in [-0.05, 0) is 24.5 Å². The quantitative estimate of drug-likeness (QED) is 0.646. The third-order valence-corrected chi connectivity index (χ3v) is 4.97. The van der Waals surface area contributed by atoms with E-state index in [1.54, 1.807) is 0 Å². The molecule has 7 heteroatoms. The predicted octanol–water partition coefficient (Wildman–Crippen LogP) is 3.30. The molecule has 0 aliphatic rings. The van der Waals surface area contributed by atoms with E-state index < -0.39 is 10.0 Å². The summed E-state index contributed by atoms with van der Waals surface area (Å²) in [7, 11) is -3.61. The van der Waals surface area contributed by atoms with E-state index in [2.05, 4.69) is 9.71 Å². The van der Waals surface area contributed by atoms with Crippen molar-refractivity contribution in [3.05, 3.63) is 58.3 Å². The van der Waals surface area contributed by atoms with Crippen LogP contribution in [0.2, 0.25) is 10.2 Å². The zero-order chi connectivity index (χ0) is 15.3. The van der Waals surface area contributed by atoms with Gasteiger partial charge in [-0.3, -0.25) is 0 Å². The van der Waals surface area contributed by atoms with Crippen molar-refractivity contribution in [1.82, 2.24) is 9.71 Å². The van der Waals surface area contributed by atoms with Crippen molar-refractivity contribution < 1.29 is 8.42 Å². The molecule has 21 heavy (non-hydrogen) atoms. The van der Waals surface area contributed by atoms with Crippen molar-refractivity contribution in [2.24, 2.45) is 0 Å². The van der Waals surface area contributed by atoms with Crippen LogP contribution in [0.4, 0.5) is 0 Å². The molecule has 0 saturated carbocycles. The highest BCUT2D eigenvalue weighted by Gasteiger charge is 2.15. The summed E-state index contributed by atoms with van der Waals surface area (Å²) in [6.07, 6.45) is 2.70. The molecule has 0 atom stereocenters. The second-order valence-electron chi connectivity index (χ2n) is 4.43. The molecule has 1 heterocycles. The topological polar surface area (TPSA) is 59.1 Å². The first-order valence-corrected chi connectivity index (χ1v) is 8.57. The summed E-state index contributed by atoms with van der Waals surface area (Å²) in [5.74, 6) is 0. The smallest absolute Gasteiger partial charge is 0.242 e. The molecule has 0 radical (unpaired) electrons. The van der Waals surface area contributed by atoms with Gasteiger partial charge in [0.15, 0.2) is 0 Å². The highest BCUT2D eigenvalue weighted by molar-refractivity contribution is 7.89. The van der Waals surface area contributed by atoms with Crippen LogP contribution < -0.4 is 4.72 Å². The molecule has 0 bridgehead atoms. The third-order valence-electron chi connectivity index (χ3n) is 2.86. The number of pyridine rings is 1. The fourth-order valence-electron chi connectivity index (χ4n) is 1.78. The van der Waals surface area contributed by atoms with E-state index in [0.717, 1.165) is 6.42 Å². The molecule has 0 aliphatic heterocycles. The van der Waals surface area contributed by atoms with Gasteiger partial charge in [0.25, 0.3) is 0 Å². The van der Waals surface area contributed by atoms with Crippen LogP contribution in [0.3, 0.4) is 0 Å². The van der Waals surface area contributed by atoms with E-state index in [-0.39, 0.29) is 15.1 Å². The Balaban J connectivity index is 1.91. The van der Waals surface area contributed by atoms with Crippen LogP contribution in [0, 0.1) is 0 Å². The monoisotopic (exact) mass is 344 g/mol. The molecular formula is C14H14Cl2N2O2S. The normalized spacial score (nSPS) is 11.5. The number of hydrogen-bond donors (Lipinski definition) is 1. The largest absolute Gasteiger partial charge is 0.242 e. The van der Waals surface area contributed by atoms with Gasteiger partial charge in [0.05, 0.1) is 5.02 Å². The lowest BCUT2D eigenvalue weighted by Crippen LogP contribution is -2.25. The van der Waals surface area contributed by atoms with Crippen molar-refractivity contribution >= 4 is 33.2 Å². The van der Waals surface area contributed by atoms with E-state index in [1.807, 2.05) is 30.3 Å². The maximum absolute atomic E-state index is 12.1. The van der Waals surface area contributed by atoms with E-state index >= 15 is 0 Å². The summed E-state index contributed by atoms with van der Waals surface area (Å²) in [5, 5.41) is 0.198. The molecule has 2 aromatic rings. The Morgan fingerprint density at radius 3 is 2.52 bits per heavy atom. The second-order valence-corrected chi connectivity index (χ2v) is 6.96. The zero-order valence-corrected chi connectivity index (χ0v) is 13.4. The van der Waals surface area contributed by atoms with Gasteiger partial charge in [0.1, 0.15) is 10.0 Å². The van der Waals surface area contributed by atoms with Gasteiger partial charge in [-0.15, -0.1) is 0 Å². The molecule has 0 aliphatic carbocycles. The zero-order valence-electron chi connectivity index (χ0n) is 11.1. The summed E-state index contributed by atoms with van der Waals surface area (Å²) in [6, 6.07) is 11.2. The Bertz CT molecular complexity index is 706. The highest BCUT2D eigenvalue weighted by Crippen LogP contribution is 2.21. The van der Waals surface area contributed by atoms with E-state index in [4.69, 9.17) is 23.2 Å². The molecule has 0 fully saturated rings. The van der Waals surface area contributed by atoms with E-state index in [0.29, 0.717) is 13.0 Å². The maximum Gasteiger partial charge on any atom is 0.242 e. The van der Waals surface area contributed by atoms with Crippen LogP contribution in [0.25, 0.3) is 0 Å². The number of aryl methyl sites for hydroxylation is 1. The molecule has 1 aromatic heterocycles. The molecule has 1 N–H and O–H groups in total. The number of benzene rings is 1. The minimum absolute atomic E-state index is 0.0108. The van der Waals surface area contributed by atoms with Crippen LogP contribution in [0.1, 0.15) is 12.0 Å². The SMILES string of the molecule is O=S(=O)(NCCCc1ccccc1)c1cnc(Cl)c(Cl)c1. The Hall–Kier alpha value is -1.14. The van der Waals surface area contributed by atoms with E-state index in [1.165, 1.54) is 17.8 Å². The molecule has 0 amide bonds. The number of sulfonamides is 1. The van der Waals surface area contributed by atoms with Gasteiger partial charge in [-0.1, -0.05) is 53.5 Å². The maximum atomic E-state index is 12.1. The molecule has 2 rings (SSSR count). The lowest BCUT2D eigenvalue weighted by atomic mass is 10.1. The van der Waals surface area contributed by atoms with Gasteiger partial charge in [0, 0.05) is 12.7 Å². The lowest BCUT2D eigenvalue weighted by Gasteiger charge is -2.07. The third kappa shape index (κ3) is 4.68. The number of rotatable bonds is 6. The van der Waals surface area contributed by atoms with E-state index in [9.17, 15) is 8.42 Å². The fourth-order valence-corrected chi connectivity index (χ4v) is 3.16. The first-order chi connectivity index (χ1) is 9.99. The Morgan fingerprint density at radius 1 is 1.14 bits per heavy atom. The summed E-state index contributed by atoms with van der Waals surface area (Å²) < 4.78 is 26.6. The second kappa shape index (κ2) is 7.22. The summed E-state index contributed by atoms with van der Waals surface area (Å²) in [5.41, 5.74) is 1.17. The van der Waals surface area contributed by atoms with Gasteiger partial charge in [-0.25, -0.2) is 18.1 Å². The molecule has 4 nitrogen and oxygen atoms in total. The molecule has 112 valence electrons. The standard InChI is InChI=1S/C14H14Cl2N2O2S/c15-13-9-12(10-17-14(13)16)21(19,20)18-8-4-7-11-5-2-1-3-6-11/h1-3,5-6,9-10,18H,4,7-8H2. The molecule has 1 aromatic carbocycles. The van der Waals surface area contributed by atoms with Gasteiger partial charge in [-0.2, -0.15) is 0 Å². The predicted molar refractivity (Wildman–Crippen MR) is 84.2 cm³/mol. The van der Waals surface area contributed by atoms with Crippen LogP contribution in [0.15, 0.2) is 47.5 Å². The molecule has 0 spiro atoms. The van der Waals surface area contributed by atoms with Crippen LogP contribution >= 0.6 is 23.2 Å². The van der Waals surface area contributed by atoms with Crippen molar-refractivity contribution in [2.45, 2.75) is 17.7 Å². The van der Waals surface area contributed by atoms with Crippen molar-refractivity contribution in [3.63, 3.8) is 0 Å². The first-order valence-electron chi connectivity index (χ1n) is 6.34. The van der Waals surface area contributed by atoms with Crippen molar-refractivity contribution in [3.8, 4) is 0 Å². The Kier molecular flexibility index (Phi) is 5.58. The number of hydrogen-bond acceptors (Lipinski definition) is 3. The number of nitrogens with one attached hydrogen (secondary N) is 1. The number of aromatic nitrogens is 1. The summed E-state index contributed by atoms with van der Waals surface area (Å²) in [4.78, 5) is 3.75. The van der Waals surface area contributed by atoms with Crippen LogP contribution in [-0.4, -0.2) is 19.9 Å². The average molecular weight is 345 g/mol. The Labute approximate surface area is 134 Å². The Morgan fingerprint density at radius 2 is 1.86 bits per heavy atom. The lowest BCUT2D eigenvalue weighted by molar-refractivity contribution is 0.578. The molecular weight excluding hydrogens is 331 g/mol. The fraction of sp³-hybridized carbons (Fsp3) is 0.214. The van der Waals surface area contributed by atoms with Gasteiger partial charge < -0.3 is 0 Å². The minimum Gasteiger partial charge on any atom is -0.242 e. The average Bonchev–Trinajstić information content (AvgIpc) is 2.47. The minimum atomic E-state index is -3.61. The van der Waals surface area contributed by atoms with Crippen LogP contribution in [0.5, 0.6) is 0 Å². The molecule has 0 unspecified atom stereocenters. The number of halogens is 2. The van der Waals surface area contributed by atoms with Crippen molar-refractivity contribution in [1.29, 1.82) is 0 Å². The van der Waals surface area contributed by atoms with Crippen molar-refractivity contribution in [2.75, 3.05) is 6.54 Å². The van der Waals surface area contributed by atoms with Gasteiger partial charge in [0.2, 0.25) is 10.0 Å². The summed E-state index contributed by atoms with van der Waals surface area (Å²) >= 11 is 11.4. The summed E-state index contributed by atoms with van der Waals surface area (Å²) in [6.45, 7) is 0.345. The highest BCUT2D eigenvalue weighted by atomic mass is 35.5. The first kappa shape index (κ1) is 16.2. The number of nitrogens with zero attached hydrogens (tertiary/aromatic N) is 1. The molecule has 0 saturated heterocycles.